The van der Waals surface area contributed by atoms with E-state index in [1.165, 1.54) is 37.2 Å². The number of carbonyl (C=O) groups excluding carboxylic acids is 2. The van der Waals surface area contributed by atoms with Gasteiger partial charge in [0.2, 0.25) is 0 Å². The van der Waals surface area contributed by atoms with Crippen molar-refractivity contribution in [3.63, 3.8) is 0 Å². The molecule has 7 rings (SSSR count). The molecular formula is C28H19NO2SSi. The van der Waals surface area contributed by atoms with Crippen molar-refractivity contribution in [2.45, 2.75) is 13.1 Å². The van der Waals surface area contributed by atoms with Crippen LogP contribution in [-0.2, 0) is 0 Å². The highest BCUT2D eigenvalue weighted by Gasteiger charge is 2.39. The monoisotopic (exact) mass is 461 g/mol. The summed E-state index contributed by atoms with van der Waals surface area (Å²) in [6, 6.07) is 24.6. The van der Waals surface area contributed by atoms with Crippen molar-refractivity contribution in [3.05, 3.63) is 94.4 Å². The zero-order valence-electron chi connectivity index (χ0n) is 18.2. The largest absolute Gasteiger partial charge is 0.301 e. The molecule has 0 bridgehead atoms. The average Bonchev–Trinajstić information content (AvgIpc) is 3.47. The first-order chi connectivity index (χ1) is 16.0. The van der Waals surface area contributed by atoms with Crippen LogP contribution >= 0.6 is 11.3 Å². The summed E-state index contributed by atoms with van der Waals surface area (Å²) < 4.78 is 2.40. The zero-order chi connectivity index (χ0) is 22.5. The number of Topliss-reactive ketones (excluding diaryl/α,β-unsaturated/α-hetero) is 2. The smallest absolute Gasteiger partial charge is 0.197 e. The van der Waals surface area contributed by atoms with Crippen LogP contribution in [0.25, 0.3) is 32.9 Å². The quantitative estimate of drug-likeness (QED) is 0.189. The van der Waals surface area contributed by atoms with Crippen LogP contribution in [0.1, 0.15) is 25.6 Å². The number of hydrogen-bond donors (Lipinski definition) is 0. The topological polar surface area (TPSA) is 39.1 Å². The number of carbonyl (C=O) groups is 2. The van der Waals surface area contributed by atoms with Crippen LogP contribution in [-0.4, -0.2) is 24.2 Å². The molecule has 0 N–H and O–H groups in total. The molecule has 0 unspecified atom stereocenters. The van der Waals surface area contributed by atoms with E-state index in [-0.39, 0.29) is 17.1 Å². The highest BCUT2D eigenvalue weighted by atomic mass is 32.1. The van der Waals surface area contributed by atoms with E-state index in [0.717, 1.165) is 4.88 Å². The molecule has 1 aliphatic carbocycles. The summed E-state index contributed by atoms with van der Waals surface area (Å²) in [5.74, 6) is -0.342. The van der Waals surface area contributed by atoms with Crippen LogP contribution in [0.2, 0.25) is 13.1 Å². The highest BCUT2D eigenvalue weighted by molar-refractivity contribution is 7.19. The van der Waals surface area contributed by atoms with Crippen molar-refractivity contribution in [1.29, 1.82) is 0 Å². The maximum absolute atomic E-state index is 13.0. The van der Waals surface area contributed by atoms with Gasteiger partial charge in [-0.05, 0) is 28.6 Å². The minimum absolute atomic E-state index is 0.171. The molecule has 2 aliphatic rings. The van der Waals surface area contributed by atoms with Crippen LogP contribution in [0, 0.1) is 0 Å². The molecule has 2 aromatic heterocycles. The third kappa shape index (κ3) is 2.33. The van der Waals surface area contributed by atoms with E-state index < -0.39 is 8.07 Å². The van der Waals surface area contributed by atoms with Crippen molar-refractivity contribution in [2.24, 2.45) is 0 Å². The van der Waals surface area contributed by atoms with E-state index in [1.54, 1.807) is 23.5 Å². The Bertz CT molecular complexity index is 1700. The number of hydrogen-bond acceptors (Lipinski definition) is 3. The predicted octanol–water partition coefficient (Wildman–Crippen LogP) is 5.44. The molecule has 0 amide bonds. The molecule has 3 nitrogen and oxygen atoms in total. The Morgan fingerprint density at radius 1 is 0.788 bits per heavy atom. The molecule has 0 fully saturated rings. The Hall–Kier alpha value is -3.54. The van der Waals surface area contributed by atoms with Gasteiger partial charge >= 0.3 is 0 Å². The van der Waals surface area contributed by atoms with Crippen LogP contribution < -0.4 is 10.4 Å². The maximum Gasteiger partial charge on any atom is 0.197 e. The van der Waals surface area contributed by atoms with Crippen molar-refractivity contribution in [2.75, 3.05) is 0 Å². The molecule has 5 heteroatoms. The fourth-order valence-electron chi connectivity index (χ4n) is 5.51. The molecule has 1 aliphatic heterocycles. The Morgan fingerprint density at radius 3 is 2.21 bits per heavy atom. The molecule has 3 aromatic carbocycles. The van der Waals surface area contributed by atoms with Gasteiger partial charge in [-0.1, -0.05) is 73.8 Å². The Labute approximate surface area is 195 Å². The van der Waals surface area contributed by atoms with E-state index in [0.29, 0.717) is 11.1 Å². The van der Waals surface area contributed by atoms with E-state index in [1.807, 2.05) is 18.2 Å². The summed E-state index contributed by atoms with van der Waals surface area (Å²) in [4.78, 5) is 26.9. The van der Waals surface area contributed by atoms with E-state index in [2.05, 4.69) is 66.2 Å². The number of para-hydroxylation sites is 2. The number of thiophene rings is 1. The van der Waals surface area contributed by atoms with Gasteiger partial charge in [0, 0.05) is 26.8 Å². The van der Waals surface area contributed by atoms with Crippen LogP contribution in [0.5, 0.6) is 0 Å². The number of nitrogens with zero attached hydrogens (tertiary/aromatic N) is 1. The number of allylic oxidation sites excluding steroid dienone is 1. The van der Waals surface area contributed by atoms with Gasteiger partial charge in [0.15, 0.2) is 11.6 Å². The first kappa shape index (κ1) is 19.0. The minimum Gasteiger partial charge on any atom is -0.301 e. The highest BCUT2D eigenvalue weighted by Crippen LogP contribution is 2.38. The van der Waals surface area contributed by atoms with Crippen molar-refractivity contribution >= 4 is 69.2 Å². The number of rotatable bonds is 1. The van der Waals surface area contributed by atoms with Gasteiger partial charge in [0.1, 0.15) is 13.1 Å². The van der Waals surface area contributed by atoms with Gasteiger partial charge in [0.05, 0.1) is 16.6 Å². The molecule has 158 valence electrons. The van der Waals surface area contributed by atoms with Gasteiger partial charge in [-0.2, -0.15) is 0 Å². The normalized spacial score (nSPS) is 15.9. The summed E-state index contributed by atoms with van der Waals surface area (Å²) >= 11 is 1.68. The second-order valence-electron chi connectivity index (χ2n) is 9.31. The van der Waals surface area contributed by atoms with E-state index >= 15 is 0 Å². The van der Waals surface area contributed by atoms with Gasteiger partial charge < -0.3 is 4.57 Å². The fraction of sp³-hybridized carbons (Fsp3) is 0.0714. The van der Waals surface area contributed by atoms with Crippen molar-refractivity contribution in [3.8, 4) is 5.00 Å². The van der Waals surface area contributed by atoms with Crippen LogP contribution in [0.4, 0.5) is 0 Å². The Kier molecular flexibility index (Phi) is 3.61. The van der Waals surface area contributed by atoms with Crippen LogP contribution in [0.15, 0.2) is 78.4 Å². The summed E-state index contributed by atoms with van der Waals surface area (Å²) in [5.41, 5.74) is 3.80. The number of fused-ring (bicyclic) bond motifs is 6. The molecule has 0 saturated heterocycles. The Morgan fingerprint density at radius 2 is 1.45 bits per heavy atom. The van der Waals surface area contributed by atoms with Gasteiger partial charge in [-0.15, -0.1) is 11.3 Å². The summed E-state index contributed by atoms with van der Waals surface area (Å²) in [5, 5.41) is 6.56. The second kappa shape index (κ2) is 6.28. The summed E-state index contributed by atoms with van der Waals surface area (Å²) in [6.07, 6.45) is 1.81. The molecular weight excluding hydrogens is 442 g/mol. The lowest BCUT2D eigenvalue weighted by Gasteiger charge is -2.30. The number of benzene rings is 3. The maximum atomic E-state index is 13.0. The lowest BCUT2D eigenvalue weighted by Crippen LogP contribution is -2.56. The minimum atomic E-state index is -1.97. The number of aromatic nitrogens is 1. The van der Waals surface area contributed by atoms with Gasteiger partial charge in [-0.3, -0.25) is 9.59 Å². The fourth-order valence-corrected chi connectivity index (χ4v) is 10.4. The van der Waals surface area contributed by atoms with Gasteiger partial charge in [-0.25, -0.2) is 0 Å². The summed E-state index contributed by atoms with van der Waals surface area (Å²) in [7, 11) is -1.97. The first-order valence-electron chi connectivity index (χ1n) is 11.0. The lowest BCUT2D eigenvalue weighted by atomic mass is 10.1. The first-order valence-corrected chi connectivity index (χ1v) is 14.9. The van der Waals surface area contributed by atoms with Crippen molar-refractivity contribution < 1.29 is 9.59 Å². The van der Waals surface area contributed by atoms with Crippen molar-refractivity contribution in [1.82, 2.24) is 4.57 Å². The third-order valence-electron chi connectivity index (χ3n) is 7.17. The molecule has 0 spiro atoms. The standard InChI is InChI=1S/C28H19NO2SSi/c1-33(2)23-13-7-11-18-17-8-5-6-12-22(17)29(25(18)23)28-24(33)15-16(32-28)14-21-26(30)19-9-3-4-10-20(19)27(21)31/h3-15H,1-2H3. The number of ketones is 2. The zero-order valence-corrected chi connectivity index (χ0v) is 20.0. The summed E-state index contributed by atoms with van der Waals surface area (Å²) in [6.45, 7) is 4.79. The second-order valence-corrected chi connectivity index (χ2v) is 14.7. The predicted molar refractivity (Wildman–Crippen MR) is 138 cm³/mol. The lowest BCUT2D eigenvalue weighted by molar-refractivity contribution is 0.0990. The van der Waals surface area contributed by atoms with E-state index in [9.17, 15) is 9.59 Å². The third-order valence-corrected chi connectivity index (χ3v) is 11.9. The molecule has 0 saturated carbocycles. The molecule has 3 heterocycles. The molecule has 33 heavy (non-hydrogen) atoms. The SMILES string of the molecule is C[Si]1(C)c2cc(C=C3C(=O)c4ccccc4C3=O)sc2-n2c3ccccc3c3cccc1c32. The molecule has 5 aromatic rings. The molecule has 0 atom stereocenters. The van der Waals surface area contributed by atoms with Gasteiger partial charge in [0.25, 0.3) is 0 Å². The van der Waals surface area contributed by atoms with Crippen LogP contribution in [0.3, 0.4) is 0 Å². The van der Waals surface area contributed by atoms with E-state index in [4.69, 9.17) is 0 Å². The Balaban J connectivity index is 1.49. The molecule has 0 radical (unpaired) electrons. The average molecular weight is 462 g/mol.